The fourth-order valence-corrected chi connectivity index (χ4v) is 3.61. The van der Waals surface area contributed by atoms with Gasteiger partial charge in [0.15, 0.2) is 0 Å². The second-order valence-corrected chi connectivity index (χ2v) is 7.52. The molecule has 1 atom stereocenters. The molecule has 2 aromatic rings. The van der Waals surface area contributed by atoms with Crippen molar-refractivity contribution in [3.8, 4) is 0 Å². The Labute approximate surface area is 140 Å². The Morgan fingerprint density at radius 3 is 2.21 bits per heavy atom. The van der Waals surface area contributed by atoms with Crippen LogP contribution >= 0.6 is 7.60 Å². The minimum absolute atomic E-state index is 0.178. The standard InChI is InChI=1S/C17H19FNO4P/c1-22-24(21,23-2)16(12-13-8-10-15(18)11-9-13)19-17(20)14-6-4-3-5-7-14/h3-11,16H,12H2,1-2H3,(H,19,20)/t16-/m0/s1. The number of nitrogens with one attached hydrogen (secondary N) is 1. The molecule has 0 aliphatic rings. The predicted octanol–water partition coefficient (Wildman–Crippen LogP) is 3.61. The van der Waals surface area contributed by atoms with Crippen molar-refractivity contribution < 1.29 is 22.8 Å². The first kappa shape index (κ1) is 18.3. The average molecular weight is 351 g/mol. The molecule has 0 spiro atoms. The van der Waals surface area contributed by atoms with E-state index in [0.717, 1.165) is 0 Å². The van der Waals surface area contributed by atoms with Crippen molar-refractivity contribution in [1.29, 1.82) is 0 Å². The largest absolute Gasteiger partial charge is 0.352 e. The molecule has 7 heteroatoms. The van der Waals surface area contributed by atoms with Gasteiger partial charge in [0.05, 0.1) is 0 Å². The number of carbonyl (C=O) groups excluding carboxylic acids is 1. The number of hydrogen-bond acceptors (Lipinski definition) is 4. The molecule has 0 radical (unpaired) electrons. The summed E-state index contributed by atoms with van der Waals surface area (Å²) in [6.07, 6.45) is 0.178. The Kier molecular flexibility index (Phi) is 6.26. The van der Waals surface area contributed by atoms with E-state index in [9.17, 15) is 13.8 Å². The zero-order chi connectivity index (χ0) is 17.6. The van der Waals surface area contributed by atoms with Crippen molar-refractivity contribution in [2.24, 2.45) is 0 Å². The fourth-order valence-electron chi connectivity index (χ4n) is 2.24. The lowest BCUT2D eigenvalue weighted by atomic mass is 10.1. The molecule has 0 heterocycles. The lowest BCUT2D eigenvalue weighted by Crippen LogP contribution is -2.37. The molecular formula is C17H19FNO4P. The summed E-state index contributed by atoms with van der Waals surface area (Å²) in [7, 11) is -1.05. The smallest absolute Gasteiger partial charge is 0.338 e. The van der Waals surface area contributed by atoms with Gasteiger partial charge in [-0.1, -0.05) is 30.3 Å². The summed E-state index contributed by atoms with van der Waals surface area (Å²) in [6.45, 7) is 0. The van der Waals surface area contributed by atoms with Crippen LogP contribution in [0.1, 0.15) is 15.9 Å². The van der Waals surface area contributed by atoms with Gasteiger partial charge in [0.25, 0.3) is 5.91 Å². The van der Waals surface area contributed by atoms with E-state index >= 15 is 0 Å². The zero-order valence-electron chi connectivity index (χ0n) is 13.4. The number of hydrogen-bond donors (Lipinski definition) is 1. The van der Waals surface area contributed by atoms with E-state index in [1.165, 1.54) is 26.4 Å². The van der Waals surface area contributed by atoms with Crippen molar-refractivity contribution in [1.82, 2.24) is 5.32 Å². The van der Waals surface area contributed by atoms with E-state index in [0.29, 0.717) is 11.1 Å². The molecule has 0 saturated carbocycles. The first-order valence-electron chi connectivity index (χ1n) is 7.30. The van der Waals surface area contributed by atoms with Gasteiger partial charge in [0.2, 0.25) is 0 Å². The minimum atomic E-state index is -3.57. The van der Waals surface area contributed by atoms with Crippen LogP contribution in [-0.4, -0.2) is 25.9 Å². The molecular weight excluding hydrogens is 332 g/mol. The van der Waals surface area contributed by atoms with E-state index < -0.39 is 19.3 Å². The van der Waals surface area contributed by atoms with Crippen LogP contribution in [0.5, 0.6) is 0 Å². The average Bonchev–Trinajstić information content (AvgIpc) is 2.63. The maximum Gasteiger partial charge on any atom is 0.352 e. The van der Waals surface area contributed by atoms with Gasteiger partial charge in [-0.2, -0.15) is 0 Å². The zero-order valence-corrected chi connectivity index (χ0v) is 14.3. The van der Waals surface area contributed by atoms with Crippen molar-refractivity contribution in [3.05, 3.63) is 71.5 Å². The summed E-state index contributed by atoms with van der Waals surface area (Å²) < 4.78 is 35.9. The first-order valence-corrected chi connectivity index (χ1v) is 8.91. The van der Waals surface area contributed by atoms with Gasteiger partial charge in [-0.05, 0) is 29.8 Å². The maximum atomic E-state index is 13.0. The van der Waals surface area contributed by atoms with Crippen LogP contribution in [0.25, 0.3) is 0 Å². The van der Waals surface area contributed by atoms with Crippen LogP contribution in [0.3, 0.4) is 0 Å². The second-order valence-electron chi connectivity index (χ2n) is 5.09. The highest BCUT2D eigenvalue weighted by Gasteiger charge is 2.35. The van der Waals surface area contributed by atoms with Gasteiger partial charge >= 0.3 is 7.60 Å². The van der Waals surface area contributed by atoms with Crippen molar-refractivity contribution in [3.63, 3.8) is 0 Å². The maximum absolute atomic E-state index is 13.0. The van der Waals surface area contributed by atoms with E-state index in [4.69, 9.17) is 9.05 Å². The van der Waals surface area contributed by atoms with Gasteiger partial charge in [-0.3, -0.25) is 9.36 Å². The number of rotatable bonds is 7. The summed E-state index contributed by atoms with van der Waals surface area (Å²) in [5.41, 5.74) is 1.13. The molecule has 1 amide bonds. The molecule has 128 valence electrons. The molecule has 0 saturated heterocycles. The van der Waals surface area contributed by atoms with E-state index in [1.54, 1.807) is 42.5 Å². The van der Waals surface area contributed by atoms with Crippen LogP contribution in [0.15, 0.2) is 54.6 Å². The molecule has 24 heavy (non-hydrogen) atoms. The van der Waals surface area contributed by atoms with Crippen LogP contribution in [0, 0.1) is 5.82 Å². The highest BCUT2D eigenvalue weighted by Crippen LogP contribution is 2.51. The number of amides is 1. The Morgan fingerprint density at radius 1 is 1.08 bits per heavy atom. The van der Waals surface area contributed by atoms with Gasteiger partial charge < -0.3 is 14.4 Å². The monoisotopic (exact) mass is 351 g/mol. The van der Waals surface area contributed by atoms with Gasteiger partial charge in [-0.15, -0.1) is 0 Å². The third kappa shape index (κ3) is 4.51. The molecule has 0 fully saturated rings. The van der Waals surface area contributed by atoms with Crippen LogP contribution in [0.4, 0.5) is 4.39 Å². The van der Waals surface area contributed by atoms with Crippen LogP contribution < -0.4 is 5.32 Å². The lowest BCUT2D eigenvalue weighted by molar-refractivity contribution is 0.0941. The van der Waals surface area contributed by atoms with Crippen molar-refractivity contribution in [2.45, 2.75) is 12.2 Å². The van der Waals surface area contributed by atoms with E-state index in [2.05, 4.69) is 5.32 Å². The topological polar surface area (TPSA) is 64.6 Å². The molecule has 0 aliphatic heterocycles. The molecule has 0 bridgehead atoms. The predicted molar refractivity (Wildman–Crippen MR) is 89.4 cm³/mol. The molecule has 1 N–H and O–H groups in total. The normalized spacial score (nSPS) is 12.6. The molecule has 0 unspecified atom stereocenters. The molecule has 2 aromatic carbocycles. The Bertz CT molecular complexity index is 713. The van der Waals surface area contributed by atoms with Crippen molar-refractivity contribution in [2.75, 3.05) is 14.2 Å². The highest BCUT2D eigenvalue weighted by molar-refractivity contribution is 7.54. The molecule has 2 rings (SSSR count). The third-order valence-electron chi connectivity index (χ3n) is 3.57. The molecule has 5 nitrogen and oxygen atoms in total. The van der Waals surface area contributed by atoms with E-state index in [1.807, 2.05) is 0 Å². The van der Waals surface area contributed by atoms with Gasteiger partial charge in [0, 0.05) is 26.2 Å². The summed E-state index contributed by atoms with van der Waals surface area (Å²) in [5, 5.41) is 2.69. The van der Waals surface area contributed by atoms with Gasteiger partial charge in [-0.25, -0.2) is 4.39 Å². The molecule has 0 aliphatic carbocycles. The van der Waals surface area contributed by atoms with Gasteiger partial charge in [0.1, 0.15) is 11.6 Å². The SMILES string of the molecule is COP(=O)(OC)[C@@H](Cc1ccc(F)cc1)NC(=O)c1ccccc1. The first-order chi connectivity index (χ1) is 11.5. The van der Waals surface area contributed by atoms with Crippen molar-refractivity contribution >= 4 is 13.5 Å². The minimum Gasteiger partial charge on any atom is -0.338 e. The third-order valence-corrected chi connectivity index (χ3v) is 5.66. The highest BCUT2D eigenvalue weighted by atomic mass is 31.2. The summed E-state index contributed by atoms with van der Waals surface area (Å²) in [4.78, 5) is 12.4. The fraction of sp³-hybridized carbons (Fsp3) is 0.235. The van der Waals surface area contributed by atoms with Crippen LogP contribution in [0.2, 0.25) is 0 Å². The number of benzene rings is 2. The Morgan fingerprint density at radius 2 is 1.67 bits per heavy atom. The molecule has 0 aromatic heterocycles. The number of carbonyl (C=O) groups is 1. The Hall–Kier alpha value is -2.01. The van der Waals surface area contributed by atoms with E-state index in [-0.39, 0.29) is 12.2 Å². The summed E-state index contributed by atoms with van der Waals surface area (Å²) in [5.74, 6) is -1.66. The lowest BCUT2D eigenvalue weighted by Gasteiger charge is -2.25. The summed E-state index contributed by atoms with van der Waals surface area (Å²) >= 11 is 0. The second kappa shape index (κ2) is 8.20. The Balaban J connectivity index is 2.24. The quantitative estimate of drug-likeness (QED) is 0.774. The van der Waals surface area contributed by atoms with Crippen LogP contribution in [-0.2, 0) is 20.0 Å². The summed E-state index contributed by atoms with van der Waals surface area (Å²) in [6, 6.07) is 14.3. The number of halogens is 1.